The van der Waals surface area contributed by atoms with E-state index in [4.69, 9.17) is 9.47 Å². The summed E-state index contributed by atoms with van der Waals surface area (Å²) in [4.78, 5) is 1.000. The van der Waals surface area contributed by atoms with Crippen LogP contribution in [0.4, 0.5) is 0 Å². The number of benzene rings is 5. The first-order chi connectivity index (χ1) is 18.1. The Kier molecular flexibility index (Phi) is 6.90. The molecule has 5 rings (SSSR count). The third-order valence-corrected chi connectivity index (χ3v) is 7.69. The minimum absolute atomic E-state index is 0.712. The van der Waals surface area contributed by atoms with Gasteiger partial charge in [0.15, 0.2) is 0 Å². The van der Waals surface area contributed by atoms with E-state index >= 15 is 0 Å². The second-order valence-corrected chi connectivity index (χ2v) is 9.60. The maximum atomic E-state index is 10.3. The van der Waals surface area contributed by atoms with Crippen LogP contribution in [0.25, 0.3) is 44.2 Å². The molecule has 37 heavy (non-hydrogen) atoms. The van der Waals surface area contributed by atoms with Crippen LogP contribution in [-0.4, -0.2) is 20.5 Å². The van der Waals surface area contributed by atoms with Gasteiger partial charge in [-0.05, 0) is 93.2 Å². The lowest BCUT2D eigenvalue weighted by Crippen LogP contribution is -1.98. The smallest absolute Gasteiger partial charge is 0.119 e. The zero-order valence-electron chi connectivity index (χ0n) is 21.3. The standard InChI is InChI=1S/C33H27NO2S/c1-21-29(28-17-16-25(36-3)18-30(28)23-12-14-24(35-2)15-13-23)19-31(33(37-4)32(21)20-34)27-11-7-9-22-8-5-6-10-26(22)27/h5-19H,1-4H3. The molecule has 0 saturated heterocycles. The molecule has 0 aromatic heterocycles. The Hall–Kier alpha value is -4.20. The summed E-state index contributed by atoms with van der Waals surface area (Å²) in [7, 11) is 3.35. The third-order valence-electron chi connectivity index (χ3n) is 6.85. The Bertz CT molecular complexity index is 1640. The molecule has 0 saturated carbocycles. The first kappa shape index (κ1) is 24.5. The molecule has 3 nitrogen and oxygen atoms in total. The van der Waals surface area contributed by atoms with Gasteiger partial charge < -0.3 is 9.47 Å². The van der Waals surface area contributed by atoms with Gasteiger partial charge in [0.05, 0.1) is 19.8 Å². The number of hydrogen-bond acceptors (Lipinski definition) is 4. The molecular weight excluding hydrogens is 474 g/mol. The van der Waals surface area contributed by atoms with E-state index < -0.39 is 0 Å². The molecule has 0 atom stereocenters. The Morgan fingerprint density at radius 1 is 0.676 bits per heavy atom. The number of rotatable bonds is 6. The molecule has 4 heteroatoms. The summed E-state index contributed by atoms with van der Waals surface area (Å²) >= 11 is 1.62. The highest BCUT2D eigenvalue weighted by Gasteiger charge is 2.20. The molecule has 0 fully saturated rings. The molecule has 0 N–H and O–H groups in total. The van der Waals surface area contributed by atoms with Gasteiger partial charge in [0.2, 0.25) is 0 Å². The highest BCUT2D eigenvalue weighted by Crippen LogP contribution is 2.44. The van der Waals surface area contributed by atoms with E-state index in [-0.39, 0.29) is 0 Å². The molecule has 0 bridgehead atoms. The average Bonchev–Trinajstić information content (AvgIpc) is 2.96. The van der Waals surface area contributed by atoms with Crippen LogP contribution in [0.1, 0.15) is 11.1 Å². The number of nitrogens with zero attached hydrogens (tertiary/aromatic N) is 1. The average molecular weight is 502 g/mol. The van der Waals surface area contributed by atoms with Gasteiger partial charge in [-0.15, -0.1) is 11.8 Å². The van der Waals surface area contributed by atoms with Crippen molar-refractivity contribution in [2.75, 3.05) is 20.5 Å². The predicted molar refractivity (Wildman–Crippen MR) is 155 cm³/mol. The third kappa shape index (κ3) is 4.43. The van der Waals surface area contributed by atoms with Crippen molar-refractivity contribution in [2.24, 2.45) is 0 Å². The molecule has 0 spiro atoms. The highest BCUT2D eigenvalue weighted by atomic mass is 32.2. The van der Waals surface area contributed by atoms with Gasteiger partial charge in [0.1, 0.15) is 17.6 Å². The van der Waals surface area contributed by atoms with Crippen LogP contribution in [0, 0.1) is 18.3 Å². The molecule has 0 aliphatic heterocycles. The van der Waals surface area contributed by atoms with Gasteiger partial charge in [-0.1, -0.05) is 60.7 Å². The van der Waals surface area contributed by atoms with E-state index in [2.05, 4.69) is 78.9 Å². The summed E-state index contributed by atoms with van der Waals surface area (Å²) < 4.78 is 11.0. The topological polar surface area (TPSA) is 42.2 Å². The highest BCUT2D eigenvalue weighted by molar-refractivity contribution is 7.98. The SMILES string of the molecule is COc1ccc(-c2cc(OC)ccc2-c2cc(-c3cccc4ccccc34)c(SC)c(C#N)c2C)cc1. The zero-order valence-corrected chi connectivity index (χ0v) is 22.1. The fourth-order valence-electron chi connectivity index (χ4n) is 4.94. The molecule has 182 valence electrons. The van der Waals surface area contributed by atoms with Crippen molar-refractivity contribution in [3.63, 3.8) is 0 Å². The Labute approximate surface area is 222 Å². The van der Waals surface area contributed by atoms with E-state index in [1.165, 1.54) is 10.8 Å². The summed E-state index contributed by atoms with van der Waals surface area (Å²) in [5.41, 5.74) is 8.04. The van der Waals surface area contributed by atoms with Crippen molar-refractivity contribution < 1.29 is 9.47 Å². The van der Waals surface area contributed by atoms with Crippen LogP contribution in [0.15, 0.2) is 95.9 Å². The number of hydrogen-bond donors (Lipinski definition) is 0. The van der Waals surface area contributed by atoms with E-state index in [1.54, 1.807) is 26.0 Å². The van der Waals surface area contributed by atoms with Crippen LogP contribution in [-0.2, 0) is 0 Å². The summed E-state index contributed by atoms with van der Waals surface area (Å²) in [5, 5.41) is 12.7. The van der Waals surface area contributed by atoms with Crippen LogP contribution in [0.3, 0.4) is 0 Å². The Morgan fingerprint density at radius 2 is 1.38 bits per heavy atom. The summed E-state index contributed by atoms with van der Waals surface area (Å²) in [6.45, 7) is 2.04. The van der Waals surface area contributed by atoms with E-state index in [9.17, 15) is 5.26 Å². The van der Waals surface area contributed by atoms with Crippen molar-refractivity contribution in [3.05, 3.63) is 102 Å². The lowest BCUT2D eigenvalue weighted by atomic mass is 9.86. The summed E-state index contributed by atoms with van der Waals surface area (Å²) in [5.74, 6) is 1.58. The number of thioether (sulfide) groups is 1. The monoisotopic (exact) mass is 501 g/mol. The summed E-state index contributed by atoms with van der Waals surface area (Å²) in [6, 6.07) is 33.7. The van der Waals surface area contributed by atoms with E-state index in [0.717, 1.165) is 55.3 Å². The maximum Gasteiger partial charge on any atom is 0.119 e. The van der Waals surface area contributed by atoms with Crippen LogP contribution in [0.2, 0.25) is 0 Å². The molecule has 5 aromatic carbocycles. The second kappa shape index (κ2) is 10.4. The van der Waals surface area contributed by atoms with Crippen molar-refractivity contribution in [1.29, 1.82) is 5.26 Å². The Morgan fingerprint density at radius 3 is 2.08 bits per heavy atom. The normalized spacial score (nSPS) is 10.8. The van der Waals surface area contributed by atoms with Gasteiger partial charge in [-0.3, -0.25) is 0 Å². The zero-order chi connectivity index (χ0) is 25.9. The van der Waals surface area contributed by atoms with Crippen molar-refractivity contribution in [3.8, 4) is 50.9 Å². The van der Waals surface area contributed by atoms with Gasteiger partial charge in [-0.25, -0.2) is 0 Å². The first-order valence-electron chi connectivity index (χ1n) is 12.0. The fraction of sp³-hybridized carbons (Fsp3) is 0.121. The van der Waals surface area contributed by atoms with Crippen LogP contribution in [0.5, 0.6) is 11.5 Å². The van der Waals surface area contributed by atoms with Gasteiger partial charge in [-0.2, -0.15) is 5.26 Å². The molecule has 0 heterocycles. The number of ether oxygens (including phenoxy) is 2. The lowest BCUT2D eigenvalue weighted by Gasteiger charge is -2.20. The molecule has 0 amide bonds. The van der Waals surface area contributed by atoms with Crippen molar-refractivity contribution in [2.45, 2.75) is 11.8 Å². The minimum Gasteiger partial charge on any atom is -0.497 e. The molecule has 0 unspecified atom stereocenters. The quantitative estimate of drug-likeness (QED) is 0.218. The molecule has 5 aromatic rings. The lowest BCUT2D eigenvalue weighted by molar-refractivity contribution is 0.414. The van der Waals surface area contributed by atoms with Crippen molar-refractivity contribution in [1.82, 2.24) is 0 Å². The minimum atomic E-state index is 0.712. The van der Waals surface area contributed by atoms with E-state index in [0.29, 0.717) is 5.56 Å². The number of methoxy groups -OCH3 is 2. The van der Waals surface area contributed by atoms with Crippen LogP contribution >= 0.6 is 11.8 Å². The molecule has 0 aliphatic rings. The predicted octanol–water partition coefficient (Wildman–Crippen LogP) is 8.76. The van der Waals surface area contributed by atoms with Gasteiger partial charge in [0, 0.05) is 4.90 Å². The second-order valence-electron chi connectivity index (χ2n) is 8.78. The first-order valence-corrected chi connectivity index (χ1v) is 13.2. The van der Waals surface area contributed by atoms with E-state index in [1.807, 2.05) is 31.4 Å². The van der Waals surface area contributed by atoms with Gasteiger partial charge >= 0.3 is 0 Å². The molecule has 0 aliphatic carbocycles. The summed E-state index contributed by atoms with van der Waals surface area (Å²) in [6.07, 6.45) is 2.04. The van der Waals surface area contributed by atoms with Gasteiger partial charge in [0.25, 0.3) is 0 Å². The largest absolute Gasteiger partial charge is 0.497 e. The van der Waals surface area contributed by atoms with Crippen molar-refractivity contribution >= 4 is 22.5 Å². The Balaban J connectivity index is 1.83. The molecule has 0 radical (unpaired) electrons. The number of nitriles is 1. The van der Waals surface area contributed by atoms with Crippen LogP contribution < -0.4 is 9.47 Å². The fourth-order valence-corrected chi connectivity index (χ4v) is 5.73. The maximum absolute atomic E-state index is 10.3. The number of fused-ring (bicyclic) bond motifs is 1. The molecular formula is C33H27NO2S.